The summed E-state index contributed by atoms with van der Waals surface area (Å²) in [5.41, 5.74) is 5.20. The smallest absolute Gasteiger partial charge is 0.422 e. The fourth-order valence-electron chi connectivity index (χ4n) is 1.86. The highest BCUT2D eigenvalue weighted by atomic mass is 16.6. The molecule has 5 heteroatoms. The molecule has 0 aromatic rings. The van der Waals surface area contributed by atoms with Gasteiger partial charge in [0.05, 0.1) is 0 Å². The van der Waals surface area contributed by atoms with Gasteiger partial charge >= 0.3 is 6.09 Å². The van der Waals surface area contributed by atoms with Crippen molar-refractivity contribution in [3.63, 3.8) is 0 Å². The Labute approximate surface area is 104 Å². The molecule has 0 radical (unpaired) electrons. The quantitative estimate of drug-likeness (QED) is 0.738. The van der Waals surface area contributed by atoms with Crippen LogP contribution in [0.25, 0.3) is 0 Å². The average molecular weight is 243 g/mol. The maximum Gasteiger partial charge on any atom is 0.422 e. The van der Waals surface area contributed by atoms with Crippen LogP contribution in [0.5, 0.6) is 0 Å². The lowest BCUT2D eigenvalue weighted by atomic mass is 10.1. The molecular formula is C12H25N3O2. The van der Waals surface area contributed by atoms with Crippen LogP contribution in [-0.4, -0.2) is 42.3 Å². The maximum atomic E-state index is 11.4. The monoisotopic (exact) mass is 243 g/mol. The van der Waals surface area contributed by atoms with Crippen LogP contribution in [0.4, 0.5) is 4.79 Å². The molecule has 1 heterocycles. The largest absolute Gasteiger partial charge is 0.443 e. The van der Waals surface area contributed by atoms with E-state index in [2.05, 4.69) is 22.7 Å². The number of piperidine rings is 1. The fraction of sp³-hybridized carbons (Fsp3) is 0.917. The number of amides is 1. The topological polar surface area (TPSA) is 53.6 Å². The Morgan fingerprint density at radius 1 is 1.35 bits per heavy atom. The zero-order valence-electron chi connectivity index (χ0n) is 11.4. The zero-order valence-corrected chi connectivity index (χ0v) is 11.4. The van der Waals surface area contributed by atoms with E-state index in [-0.39, 0.29) is 0 Å². The van der Waals surface area contributed by atoms with Gasteiger partial charge in [-0.25, -0.2) is 10.2 Å². The number of carbonyl (C=O) groups is 1. The van der Waals surface area contributed by atoms with Gasteiger partial charge in [-0.1, -0.05) is 6.92 Å². The molecule has 1 saturated heterocycles. The molecule has 0 aromatic carbocycles. The molecule has 0 spiro atoms. The SMILES string of the molecule is CCN1CCC(NNC(=O)OC(C)(C)C)CC1. The summed E-state index contributed by atoms with van der Waals surface area (Å²) < 4.78 is 5.15. The molecule has 1 fully saturated rings. The number of nitrogens with zero attached hydrogens (tertiary/aromatic N) is 1. The molecule has 0 aliphatic carbocycles. The maximum absolute atomic E-state index is 11.4. The molecule has 1 aliphatic heterocycles. The molecule has 5 nitrogen and oxygen atoms in total. The molecule has 2 N–H and O–H groups in total. The molecule has 1 aliphatic rings. The Bertz CT molecular complexity index is 243. The van der Waals surface area contributed by atoms with Gasteiger partial charge in [-0.05, 0) is 53.2 Å². The van der Waals surface area contributed by atoms with Crippen LogP contribution in [-0.2, 0) is 4.74 Å². The van der Waals surface area contributed by atoms with Crippen molar-refractivity contribution in [2.24, 2.45) is 0 Å². The molecule has 100 valence electrons. The summed E-state index contributed by atoms with van der Waals surface area (Å²) in [6.45, 7) is 11.0. The van der Waals surface area contributed by atoms with Gasteiger partial charge in [0, 0.05) is 6.04 Å². The summed E-state index contributed by atoms with van der Waals surface area (Å²) in [7, 11) is 0. The summed E-state index contributed by atoms with van der Waals surface area (Å²) in [6, 6.07) is 0.352. The van der Waals surface area contributed by atoms with Gasteiger partial charge in [-0.3, -0.25) is 5.43 Å². The predicted molar refractivity (Wildman–Crippen MR) is 67.6 cm³/mol. The van der Waals surface area contributed by atoms with E-state index in [1.165, 1.54) is 0 Å². The van der Waals surface area contributed by atoms with Crippen molar-refractivity contribution in [3.8, 4) is 0 Å². The molecule has 0 atom stereocenters. The van der Waals surface area contributed by atoms with Gasteiger partial charge in [0.2, 0.25) is 0 Å². The van der Waals surface area contributed by atoms with Gasteiger partial charge < -0.3 is 9.64 Å². The molecule has 0 bridgehead atoms. The Kier molecular flexibility index (Phi) is 5.21. The van der Waals surface area contributed by atoms with Crippen LogP contribution in [0.15, 0.2) is 0 Å². The highest BCUT2D eigenvalue weighted by molar-refractivity contribution is 5.67. The van der Waals surface area contributed by atoms with Crippen molar-refractivity contribution in [2.75, 3.05) is 19.6 Å². The fourth-order valence-corrected chi connectivity index (χ4v) is 1.86. The highest BCUT2D eigenvalue weighted by Crippen LogP contribution is 2.09. The molecule has 17 heavy (non-hydrogen) atoms. The lowest BCUT2D eigenvalue weighted by Crippen LogP contribution is -2.50. The second-order valence-electron chi connectivity index (χ2n) is 5.48. The van der Waals surface area contributed by atoms with Crippen molar-refractivity contribution in [1.29, 1.82) is 0 Å². The van der Waals surface area contributed by atoms with Crippen molar-refractivity contribution >= 4 is 6.09 Å². The highest BCUT2D eigenvalue weighted by Gasteiger charge is 2.20. The van der Waals surface area contributed by atoms with Crippen LogP contribution in [0.3, 0.4) is 0 Å². The predicted octanol–water partition coefficient (Wildman–Crippen LogP) is 1.50. The summed E-state index contributed by atoms with van der Waals surface area (Å²) in [6.07, 6.45) is 1.71. The Morgan fingerprint density at radius 3 is 2.41 bits per heavy atom. The van der Waals surface area contributed by atoms with E-state index in [0.717, 1.165) is 32.5 Å². The molecule has 0 aromatic heterocycles. The first-order valence-corrected chi connectivity index (χ1v) is 6.37. The van der Waals surface area contributed by atoms with Crippen molar-refractivity contribution in [3.05, 3.63) is 0 Å². The summed E-state index contributed by atoms with van der Waals surface area (Å²) >= 11 is 0. The van der Waals surface area contributed by atoms with E-state index < -0.39 is 11.7 Å². The number of hydrazine groups is 1. The molecular weight excluding hydrogens is 218 g/mol. The average Bonchev–Trinajstić information content (AvgIpc) is 2.25. The van der Waals surface area contributed by atoms with Crippen molar-refractivity contribution in [2.45, 2.75) is 52.2 Å². The molecule has 0 saturated carbocycles. The number of hydrogen-bond acceptors (Lipinski definition) is 4. The minimum Gasteiger partial charge on any atom is -0.443 e. The second-order valence-corrected chi connectivity index (χ2v) is 5.48. The zero-order chi connectivity index (χ0) is 12.9. The van der Waals surface area contributed by atoms with Crippen LogP contribution < -0.4 is 10.9 Å². The van der Waals surface area contributed by atoms with E-state index >= 15 is 0 Å². The van der Waals surface area contributed by atoms with Gasteiger partial charge in [0.15, 0.2) is 0 Å². The van der Waals surface area contributed by atoms with Gasteiger partial charge in [-0.2, -0.15) is 0 Å². The lowest BCUT2D eigenvalue weighted by molar-refractivity contribution is 0.0476. The molecule has 1 rings (SSSR count). The van der Waals surface area contributed by atoms with Crippen molar-refractivity contribution in [1.82, 2.24) is 15.8 Å². The Balaban J connectivity index is 2.17. The first kappa shape index (κ1) is 14.3. The number of likely N-dealkylation sites (tertiary alicyclic amines) is 1. The first-order valence-electron chi connectivity index (χ1n) is 6.37. The van der Waals surface area contributed by atoms with E-state index in [0.29, 0.717) is 6.04 Å². The third-order valence-electron chi connectivity index (χ3n) is 2.81. The summed E-state index contributed by atoms with van der Waals surface area (Å²) in [5, 5.41) is 0. The third kappa shape index (κ3) is 5.89. The minimum absolute atomic E-state index is 0.352. The summed E-state index contributed by atoms with van der Waals surface area (Å²) in [5.74, 6) is 0. The van der Waals surface area contributed by atoms with Crippen LogP contribution in [0.2, 0.25) is 0 Å². The van der Waals surface area contributed by atoms with Gasteiger partial charge in [0.1, 0.15) is 5.60 Å². The first-order chi connectivity index (χ1) is 7.90. The normalized spacial score (nSPS) is 19.1. The minimum atomic E-state index is -0.447. The summed E-state index contributed by atoms with van der Waals surface area (Å²) in [4.78, 5) is 13.8. The van der Waals surface area contributed by atoms with E-state index in [4.69, 9.17) is 4.74 Å². The Hall–Kier alpha value is -0.810. The number of rotatable bonds is 3. The Morgan fingerprint density at radius 2 is 1.94 bits per heavy atom. The van der Waals surface area contributed by atoms with Crippen molar-refractivity contribution < 1.29 is 9.53 Å². The lowest BCUT2D eigenvalue weighted by Gasteiger charge is -2.31. The number of ether oxygens (including phenoxy) is 1. The second kappa shape index (κ2) is 6.21. The standard InChI is InChI=1S/C12H25N3O2/c1-5-15-8-6-10(7-9-15)13-14-11(16)17-12(2,3)4/h10,13H,5-9H2,1-4H3,(H,14,16). The van der Waals surface area contributed by atoms with Crippen LogP contribution in [0, 0.1) is 0 Å². The van der Waals surface area contributed by atoms with Crippen LogP contribution >= 0.6 is 0 Å². The number of hydrogen-bond donors (Lipinski definition) is 2. The number of nitrogens with one attached hydrogen (secondary N) is 2. The van der Waals surface area contributed by atoms with Gasteiger partial charge in [-0.15, -0.1) is 0 Å². The molecule has 0 unspecified atom stereocenters. The van der Waals surface area contributed by atoms with Gasteiger partial charge in [0.25, 0.3) is 0 Å². The van der Waals surface area contributed by atoms with E-state index in [9.17, 15) is 4.79 Å². The number of carbonyl (C=O) groups excluding carboxylic acids is 1. The van der Waals surface area contributed by atoms with E-state index in [1.54, 1.807) is 0 Å². The molecule has 1 amide bonds. The van der Waals surface area contributed by atoms with E-state index in [1.807, 2.05) is 20.8 Å². The third-order valence-corrected chi connectivity index (χ3v) is 2.81. The van der Waals surface area contributed by atoms with Crippen LogP contribution in [0.1, 0.15) is 40.5 Å².